The first kappa shape index (κ1) is 31.2. The molecule has 214 valence electrons. The molecular formula is C25H30F3N3O8. The first-order valence-corrected chi connectivity index (χ1v) is 12.1. The number of hydrogen-bond donors (Lipinski definition) is 4. The molecule has 1 saturated heterocycles. The second kappa shape index (κ2) is 12.3. The molecule has 0 aromatic heterocycles. The number of Topliss-reactive ketones (excluding diaryl/α,β-unsaturated/α-hetero) is 1. The number of alkyl halides is 3. The summed E-state index contributed by atoms with van der Waals surface area (Å²) < 4.78 is 39.0. The van der Waals surface area contributed by atoms with Gasteiger partial charge in [-0.05, 0) is 42.9 Å². The molecule has 14 heteroatoms. The van der Waals surface area contributed by atoms with Crippen LogP contribution < -0.4 is 10.6 Å². The number of carbonyl (C=O) groups is 6. The van der Waals surface area contributed by atoms with Crippen molar-refractivity contribution in [2.24, 2.45) is 11.8 Å². The van der Waals surface area contributed by atoms with Crippen LogP contribution in [0.2, 0.25) is 0 Å². The van der Waals surface area contributed by atoms with Crippen molar-refractivity contribution in [3.63, 3.8) is 0 Å². The van der Waals surface area contributed by atoms with E-state index in [2.05, 4.69) is 10.6 Å². The van der Waals surface area contributed by atoms with Crippen LogP contribution in [-0.4, -0.2) is 81.4 Å². The number of carboxylic acids is 2. The summed E-state index contributed by atoms with van der Waals surface area (Å²) >= 11 is 0. The van der Waals surface area contributed by atoms with Crippen LogP contribution in [0.25, 0.3) is 0 Å². The average molecular weight is 558 g/mol. The zero-order valence-electron chi connectivity index (χ0n) is 21.7. The van der Waals surface area contributed by atoms with Gasteiger partial charge in [-0.3, -0.25) is 19.2 Å². The van der Waals surface area contributed by atoms with Crippen LogP contribution in [0, 0.1) is 11.8 Å². The summed E-state index contributed by atoms with van der Waals surface area (Å²) in [6.45, 7) is 5.91. The topological polar surface area (TPSA) is 170 Å². The highest BCUT2D eigenvalue weighted by Gasteiger charge is 2.46. The smallest absolute Gasteiger partial charge is 0.452 e. The van der Waals surface area contributed by atoms with Gasteiger partial charge in [-0.1, -0.05) is 27.7 Å². The van der Waals surface area contributed by atoms with Crippen LogP contribution in [0.4, 0.5) is 13.2 Å². The van der Waals surface area contributed by atoms with Crippen LogP contribution in [0.3, 0.4) is 0 Å². The number of nitrogens with zero attached hydrogens (tertiary/aromatic N) is 1. The van der Waals surface area contributed by atoms with E-state index < -0.39 is 82.7 Å². The third kappa shape index (κ3) is 7.54. The number of nitrogens with one attached hydrogen (secondary N) is 2. The molecule has 1 heterocycles. The van der Waals surface area contributed by atoms with Crippen LogP contribution >= 0.6 is 0 Å². The summed E-state index contributed by atoms with van der Waals surface area (Å²) in [4.78, 5) is 75.0. The fourth-order valence-corrected chi connectivity index (χ4v) is 4.19. The van der Waals surface area contributed by atoms with E-state index in [4.69, 9.17) is 0 Å². The molecule has 1 aliphatic heterocycles. The van der Waals surface area contributed by atoms with Gasteiger partial charge >= 0.3 is 18.1 Å². The molecule has 1 unspecified atom stereocenters. The highest BCUT2D eigenvalue weighted by atomic mass is 19.4. The quantitative estimate of drug-likeness (QED) is 0.339. The Hall–Kier alpha value is -3.97. The summed E-state index contributed by atoms with van der Waals surface area (Å²) in [5.41, 5.74) is -1.25. The highest BCUT2D eigenvalue weighted by molar-refractivity contribution is 6.03. The number of rotatable bonds is 10. The van der Waals surface area contributed by atoms with E-state index in [1.54, 1.807) is 13.8 Å². The first-order valence-electron chi connectivity index (χ1n) is 12.1. The van der Waals surface area contributed by atoms with Gasteiger partial charge in [0.05, 0.1) is 17.2 Å². The number of amides is 3. The standard InChI is InChI=1S/C25H30F3N3O8/c1-11(2)17(19(32)25(26,27)28)29-21(34)16-6-5-7-31(16)22(35)18(12(3)4)30-20(33)13-8-14(23(36)37)10-15(9-13)24(38)39/h8-12,16-18H,5-7H2,1-4H3,(H,29,34)(H,30,33)(H,36,37)(H,38,39)/t16-,17?,18-/m0/s1. The van der Waals surface area contributed by atoms with E-state index in [0.717, 1.165) is 23.1 Å². The van der Waals surface area contributed by atoms with Crippen LogP contribution in [0.5, 0.6) is 0 Å². The molecule has 1 fully saturated rings. The largest absolute Gasteiger partial charge is 0.478 e. The zero-order valence-corrected chi connectivity index (χ0v) is 21.7. The molecule has 1 aliphatic rings. The lowest BCUT2D eigenvalue weighted by atomic mass is 9.98. The number of aromatic carboxylic acids is 2. The summed E-state index contributed by atoms with van der Waals surface area (Å²) in [6, 6.07) is -1.52. The molecule has 0 saturated carbocycles. The Balaban J connectivity index is 2.28. The molecule has 0 aliphatic carbocycles. The van der Waals surface area contributed by atoms with E-state index in [-0.39, 0.29) is 18.5 Å². The number of carbonyl (C=O) groups excluding carboxylic acids is 4. The Kier molecular flexibility index (Phi) is 9.82. The molecule has 1 aromatic carbocycles. The Labute approximate surface area is 221 Å². The normalized spacial score (nSPS) is 17.1. The van der Waals surface area contributed by atoms with Crippen molar-refractivity contribution in [3.8, 4) is 0 Å². The molecule has 0 bridgehead atoms. The van der Waals surface area contributed by atoms with Crippen molar-refractivity contribution in [2.75, 3.05) is 6.54 Å². The maximum Gasteiger partial charge on any atom is 0.452 e. The number of likely N-dealkylation sites (tertiary alicyclic amines) is 1. The number of ketones is 1. The van der Waals surface area contributed by atoms with Gasteiger partial charge in [0.15, 0.2) is 0 Å². The van der Waals surface area contributed by atoms with E-state index in [1.165, 1.54) is 13.8 Å². The van der Waals surface area contributed by atoms with E-state index >= 15 is 0 Å². The minimum Gasteiger partial charge on any atom is -0.478 e. The monoisotopic (exact) mass is 557 g/mol. The third-order valence-electron chi connectivity index (χ3n) is 6.27. The predicted octanol–water partition coefficient (Wildman–Crippen LogP) is 2.10. The van der Waals surface area contributed by atoms with Gasteiger partial charge in [0.2, 0.25) is 11.8 Å². The number of halogens is 3. The minimum absolute atomic E-state index is 0.0627. The van der Waals surface area contributed by atoms with Gasteiger partial charge in [-0.2, -0.15) is 13.2 Å². The van der Waals surface area contributed by atoms with Gasteiger partial charge in [-0.25, -0.2) is 9.59 Å². The van der Waals surface area contributed by atoms with Crippen LogP contribution in [0.15, 0.2) is 18.2 Å². The van der Waals surface area contributed by atoms with Gasteiger partial charge < -0.3 is 25.7 Å². The Morgan fingerprint density at radius 1 is 0.846 bits per heavy atom. The third-order valence-corrected chi connectivity index (χ3v) is 6.27. The van der Waals surface area contributed by atoms with Crippen molar-refractivity contribution >= 4 is 35.4 Å². The van der Waals surface area contributed by atoms with Gasteiger partial charge in [0.1, 0.15) is 12.1 Å². The molecule has 0 radical (unpaired) electrons. The molecule has 0 spiro atoms. The lowest BCUT2D eigenvalue weighted by molar-refractivity contribution is -0.175. The van der Waals surface area contributed by atoms with Crippen molar-refractivity contribution in [1.29, 1.82) is 0 Å². The first-order chi connectivity index (χ1) is 17.9. The maximum atomic E-state index is 13.4. The Morgan fingerprint density at radius 2 is 1.33 bits per heavy atom. The molecule has 3 amide bonds. The predicted molar refractivity (Wildman–Crippen MR) is 129 cm³/mol. The fourth-order valence-electron chi connectivity index (χ4n) is 4.19. The molecule has 11 nitrogen and oxygen atoms in total. The van der Waals surface area contributed by atoms with Gasteiger partial charge in [-0.15, -0.1) is 0 Å². The van der Waals surface area contributed by atoms with Crippen molar-refractivity contribution in [1.82, 2.24) is 15.5 Å². The van der Waals surface area contributed by atoms with Gasteiger partial charge in [0.25, 0.3) is 11.7 Å². The summed E-state index contributed by atoms with van der Waals surface area (Å²) in [5, 5.41) is 23.1. The van der Waals surface area contributed by atoms with E-state index in [9.17, 15) is 52.2 Å². The molecular weight excluding hydrogens is 527 g/mol. The lowest BCUT2D eigenvalue weighted by Crippen LogP contribution is -2.58. The van der Waals surface area contributed by atoms with Crippen LogP contribution in [0.1, 0.15) is 71.6 Å². The molecule has 1 aromatic rings. The summed E-state index contributed by atoms with van der Waals surface area (Å²) in [6.07, 6.45) is -4.71. The van der Waals surface area contributed by atoms with Crippen LogP contribution in [-0.2, 0) is 14.4 Å². The number of hydrogen-bond acceptors (Lipinski definition) is 6. The maximum absolute atomic E-state index is 13.4. The van der Waals surface area contributed by atoms with Crippen molar-refractivity contribution in [2.45, 2.75) is 64.8 Å². The average Bonchev–Trinajstić information content (AvgIpc) is 3.33. The van der Waals surface area contributed by atoms with Crippen molar-refractivity contribution < 1.29 is 52.2 Å². The summed E-state index contributed by atoms with van der Waals surface area (Å²) in [7, 11) is 0. The number of benzene rings is 1. The Morgan fingerprint density at radius 3 is 1.77 bits per heavy atom. The van der Waals surface area contributed by atoms with Gasteiger partial charge in [0, 0.05) is 12.1 Å². The van der Waals surface area contributed by atoms with E-state index in [1.807, 2.05) is 0 Å². The molecule has 3 atom stereocenters. The molecule has 4 N–H and O–H groups in total. The molecule has 39 heavy (non-hydrogen) atoms. The molecule has 2 rings (SSSR count). The SMILES string of the molecule is CC(C)C(NC(=O)[C@@H]1CCCN1C(=O)[C@@H](NC(=O)c1cc(C(=O)O)cc(C(=O)O)c1)C(C)C)C(=O)C(F)(F)F. The highest BCUT2D eigenvalue weighted by Crippen LogP contribution is 2.24. The van der Waals surface area contributed by atoms with Crippen molar-refractivity contribution in [3.05, 3.63) is 34.9 Å². The number of carboxylic acid groups (broad SMARTS) is 2. The lowest BCUT2D eigenvalue weighted by Gasteiger charge is -2.32. The zero-order chi connectivity index (χ0) is 29.8. The second-order valence-corrected chi connectivity index (χ2v) is 9.89. The minimum atomic E-state index is -5.17. The second-order valence-electron chi connectivity index (χ2n) is 9.89. The summed E-state index contributed by atoms with van der Waals surface area (Å²) in [5.74, 6) is -9.09. The van der Waals surface area contributed by atoms with E-state index in [0.29, 0.717) is 6.42 Å². The fraction of sp³-hybridized carbons (Fsp3) is 0.520. The Bertz CT molecular complexity index is 1130.